The zero-order valence-corrected chi connectivity index (χ0v) is 18.7. The van der Waals surface area contributed by atoms with Gasteiger partial charge in [-0.2, -0.15) is 0 Å². The number of anilines is 1. The fourth-order valence-electron chi connectivity index (χ4n) is 5.30. The van der Waals surface area contributed by atoms with Crippen molar-refractivity contribution in [1.82, 2.24) is 14.4 Å². The van der Waals surface area contributed by atoms with Gasteiger partial charge < -0.3 is 10.6 Å². The molecule has 2 aromatic heterocycles. The molecular weight excluding hydrogens is 390 g/mol. The number of hydrogen-bond donors (Lipinski definition) is 1. The summed E-state index contributed by atoms with van der Waals surface area (Å²) in [5, 5.41) is 0. The number of piperidine rings is 1. The van der Waals surface area contributed by atoms with E-state index in [1.807, 2.05) is 18.6 Å². The molecule has 1 saturated carbocycles. The van der Waals surface area contributed by atoms with Crippen molar-refractivity contribution < 1.29 is 0 Å². The van der Waals surface area contributed by atoms with Crippen LogP contribution in [0.3, 0.4) is 0 Å². The number of nitrogens with zero attached hydrogens (tertiary/aromatic N) is 4. The van der Waals surface area contributed by atoms with E-state index < -0.39 is 0 Å². The second-order valence-electron chi connectivity index (χ2n) is 9.19. The highest BCUT2D eigenvalue weighted by Gasteiger charge is 2.43. The summed E-state index contributed by atoms with van der Waals surface area (Å²) in [6.45, 7) is 6.53. The molecule has 1 atom stereocenters. The van der Waals surface area contributed by atoms with Gasteiger partial charge in [-0.3, -0.25) is 4.40 Å². The third-order valence-electron chi connectivity index (χ3n) is 7.15. The minimum atomic E-state index is 0.362. The number of nitrogens with two attached hydrogens (primary N) is 1. The van der Waals surface area contributed by atoms with Gasteiger partial charge in [0, 0.05) is 42.6 Å². The number of rotatable bonds is 4. The predicted octanol–water partition coefficient (Wildman–Crippen LogP) is 5.10. The molecule has 2 fully saturated rings. The summed E-state index contributed by atoms with van der Waals surface area (Å²) >= 11 is 1.77. The molecule has 0 unspecified atom stereocenters. The van der Waals surface area contributed by atoms with Gasteiger partial charge in [0.2, 0.25) is 5.95 Å². The molecule has 158 valence electrons. The number of imidazole rings is 1. The normalized spacial score (nSPS) is 21.2. The van der Waals surface area contributed by atoms with Crippen LogP contribution in [0.15, 0.2) is 52.6 Å². The van der Waals surface area contributed by atoms with Crippen molar-refractivity contribution in [3.05, 3.63) is 48.4 Å². The predicted molar refractivity (Wildman–Crippen MR) is 123 cm³/mol. The van der Waals surface area contributed by atoms with Crippen LogP contribution in [0.25, 0.3) is 5.65 Å². The van der Waals surface area contributed by atoms with Crippen molar-refractivity contribution in [2.75, 3.05) is 18.0 Å². The van der Waals surface area contributed by atoms with Crippen molar-refractivity contribution in [3.63, 3.8) is 0 Å². The minimum Gasteiger partial charge on any atom is -0.342 e. The van der Waals surface area contributed by atoms with Crippen molar-refractivity contribution in [1.29, 1.82) is 0 Å². The summed E-state index contributed by atoms with van der Waals surface area (Å²) in [5.41, 5.74) is 9.19. The fraction of sp³-hybridized carbons (Fsp3) is 0.500. The molecule has 5 rings (SSSR count). The molecule has 1 aromatic carbocycles. The van der Waals surface area contributed by atoms with Gasteiger partial charge in [-0.05, 0) is 48.6 Å². The van der Waals surface area contributed by atoms with Gasteiger partial charge in [-0.15, -0.1) is 0 Å². The third-order valence-corrected chi connectivity index (χ3v) is 8.25. The number of benzene rings is 1. The molecule has 3 heterocycles. The molecule has 0 bridgehead atoms. The maximum Gasteiger partial charge on any atom is 0.211 e. The van der Waals surface area contributed by atoms with E-state index in [1.165, 1.54) is 42.6 Å². The summed E-state index contributed by atoms with van der Waals surface area (Å²) in [6.07, 6.45) is 12.0. The Balaban J connectivity index is 1.42. The van der Waals surface area contributed by atoms with Crippen molar-refractivity contribution in [2.24, 2.45) is 11.1 Å². The first-order valence-corrected chi connectivity index (χ1v) is 12.0. The SMILES string of the molecule is CC(C)c1ccccc1Sc1cnc(N2CCC3(CCC[C@H]3N)CC2)n2ccnc12. The molecule has 30 heavy (non-hydrogen) atoms. The Labute approximate surface area is 183 Å². The number of aromatic nitrogens is 3. The molecule has 1 aliphatic heterocycles. The van der Waals surface area contributed by atoms with Crippen LogP contribution < -0.4 is 10.6 Å². The molecule has 2 N–H and O–H groups in total. The monoisotopic (exact) mass is 421 g/mol. The first-order valence-electron chi connectivity index (χ1n) is 11.2. The largest absolute Gasteiger partial charge is 0.342 e. The standard InChI is InChI=1S/C24H31N5S/c1-17(2)18-6-3-4-7-19(18)30-20-16-27-23(29-15-12-26-22(20)29)28-13-10-24(11-14-28)9-5-8-21(24)25/h3-4,6-7,12,15-17,21H,5,8-11,13-14,25H2,1-2H3/t21-/m1/s1. The lowest BCUT2D eigenvalue weighted by Gasteiger charge is -2.42. The number of hydrogen-bond acceptors (Lipinski definition) is 5. The molecule has 5 nitrogen and oxygen atoms in total. The smallest absolute Gasteiger partial charge is 0.211 e. The highest BCUT2D eigenvalue weighted by molar-refractivity contribution is 7.99. The zero-order chi connectivity index (χ0) is 20.7. The lowest BCUT2D eigenvalue weighted by atomic mass is 9.74. The molecule has 1 aliphatic carbocycles. The lowest BCUT2D eigenvalue weighted by molar-refractivity contribution is 0.197. The molecule has 2 aliphatic rings. The van der Waals surface area contributed by atoms with E-state index in [4.69, 9.17) is 10.7 Å². The van der Waals surface area contributed by atoms with Crippen molar-refractivity contribution >= 4 is 23.4 Å². The number of fused-ring (bicyclic) bond motifs is 1. The van der Waals surface area contributed by atoms with Crippen molar-refractivity contribution in [3.8, 4) is 0 Å². The molecule has 0 amide bonds. The van der Waals surface area contributed by atoms with Crippen LogP contribution in [-0.4, -0.2) is 33.5 Å². The van der Waals surface area contributed by atoms with E-state index in [-0.39, 0.29) is 0 Å². The Bertz CT molecular complexity index is 1040. The molecule has 3 aromatic rings. The fourth-order valence-corrected chi connectivity index (χ4v) is 6.45. The van der Waals surface area contributed by atoms with Gasteiger partial charge in [-0.1, -0.05) is 50.2 Å². The van der Waals surface area contributed by atoms with Gasteiger partial charge in [0.15, 0.2) is 5.65 Å². The maximum atomic E-state index is 6.48. The molecule has 0 radical (unpaired) electrons. The molecule has 1 saturated heterocycles. The van der Waals surface area contributed by atoms with Crippen LogP contribution in [0, 0.1) is 5.41 Å². The zero-order valence-electron chi connectivity index (χ0n) is 17.9. The Morgan fingerprint density at radius 1 is 1.10 bits per heavy atom. The molecular formula is C24H31N5S. The first kappa shape index (κ1) is 19.9. The highest BCUT2D eigenvalue weighted by Crippen LogP contribution is 2.46. The summed E-state index contributed by atoms with van der Waals surface area (Å²) in [5.74, 6) is 1.49. The molecule has 1 spiro atoms. The van der Waals surface area contributed by atoms with Crippen LogP contribution >= 0.6 is 11.8 Å². The van der Waals surface area contributed by atoms with E-state index in [9.17, 15) is 0 Å². The molecule has 6 heteroatoms. The minimum absolute atomic E-state index is 0.362. The van der Waals surface area contributed by atoms with Gasteiger partial charge in [0.05, 0.1) is 4.90 Å². The Hall–Kier alpha value is -2.05. The summed E-state index contributed by atoms with van der Waals surface area (Å²) in [4.78, 5) is 14.4. The average molecular weight is 422 g/mol. The first-order chi connectivity index (χ1) is 14.6. The van der Waals surface area contributed by atoms with E-state index in [0.29, 0.717) is 17.4 Å². The van der Waals surface area contributed by atoms with Crippen LogP contribution in [-0.2, 0) is 0 Å². The Morgan fingerprint density at radius 3 is 2.63 bits per heavy atom. The van der Waals surface area contributed by atoms with Gasteiger partial charge >= 0.3 is 0 Å². The van der Waals surface area contributed by atoms with Crippen LogP contribution in [0.1, 0.15) is 57.4 Å². The highest BCUT2D eigenvalue weighted by atomic mass is 32.2. The van der Waals surface area contributed by atoms with E-state index in [2.05, 4.69) is 52.4 Å². The second-order valence-corrected chi connectivity index (χ2v) is 10.3. The third kappa shape index (κ3) is 3.40. The summed E-state index contributed by atoms with van der Waals surface area (Å²) < 4.78 is 2.16. The van der Waals surface area contributed by atoms with Gasteiger partial charge in [0.25, 0.3) is 0 Å². The Kier molecular flexibility index (Phi) is 5.23. The van der Waals surface area contributed by atoms with Gasteiger partial charge in [0.1, 0.15) is 0 Å². The van der Waals surface area contributed by atoms with E-state index in [1.54, 1.807) is 11.8 Å². The van der Waals surface area contributed by atoms with Crippen LogP contribution in [0.2, 0.25) is 0 Å². The second kappa shape index (κ2) is 7.89. The maximum absolute atomic E-state index is 6.48. The average Bonchev–Trinajstić information content (AvgIpc) is 3.37. The summed E-state index contributed by atoms with van der Waals surface area (Å²) in [6, 6.07) is 9.01. The van der Waals surface area contributed by atoms with Crippen molar-refractivity contribution in [2.45, 2.75) is 67.7 Å². The van der Waals surface area contributed by atoms with E-state index in [0.717, 1.165) is 29.6 Å². The Morgan fingerprint density at radius 2 is 1.90 bits per heavy atom. The van der Waals surface area contributed by atoms with Gasteiger partial charge in [-0.25, -0.2) is 9.97 Å². The summed E-state index contributed by atoms with van der Waals surface area (Å²) in [7, 11) is 0. The lowest BCUT2D eigenvalue weighted by Crippen LogP contribution is -2.47. The van der Waals surface area contributed by atoms with Crippen LogP contribution in [0.5, 0.6) is 0 Å². The quantitative estimate of drug-likeness (QED) is 0.635. The van der Waals surface area contributed by atoms with Crippen LogP contribution in [0.4, 0.5) is 5.95 Å². The topological polar surface area (TPSA) is 59.5 Å². The van der Waals surface area contributed by atoms with E-state index >= 15 is 0 Å².